The summed E-state index contributed by atoms with van der Waals surface area (Å²) in [4.78, 5) is 12.1. The minimum Gasteiger partial charge on any atom is -0.463 e. The highest BCUT2D eigenvalue weighted by Gasteiger charge is 2.59. The first-order chi connectivity index (χ1) is 14.7. The van der Waals surface area contributed by atoms with Gasteiger partial charge >= 0.3 is 5.97 Å². The lowest BCUT2D eigenvalue weighted by molar-refractivity contribution is -0.178. The molecule has 0 bridgehead atoms. The van der Waals surface area contributed by atoms with Crippen molar-refractivity contribution in [3.05, 3.63) is 30.3 Å². The van der Waals surface area contributed by atoms with E-state index >= 15 is 0 Å². The van der Waals surface area contributed by atoms with Crippen LogP contribution in [-0.2, 0) is 39.0 Å². The lowest BCUT2D eigenvalue weighted by Gasteiger charge is -2.47. The van der Waals surface area contributed by atoms with Gasteiger partial charge < -0.3 is 23.4 Å². The molecule has 2 saturated heterocycles. The molecule has 180 valence electrons. The zero-order chi connectivity index (χ0) is 23.9. The molecule has 2 heterocycles. The van der Waals surface area contributed by atoms with Gasteiger partial charge in [0.1, 0.15) is 31.0 Å². The molecule has 0 radical (unpaired) electrons. The number of hydrogen-bond acceptors (Lipinski definition) is 7. The molecular formula is C23H36O7SSi. The average Bonchev–Trinajstić information content (AvgIpc) is 3.01. The normalized spacial score (nSPS) is 31.1. The standard InChI is InChI=1S/C23H36O7SSi/c1-15(24)26-14-17-18-19(29-23(5,6)28-18)20(30-32(7,8)22(2,3)4)21(27-17)31(25)16-12-10-9-11-13-16/h9-13,17-21H,14H2,1-8H3/t17-,18+,19+,20-,21+,31?/m1/s1. The Labute approximate surface area is 194 Å². The molecule has 1 aromatic rings. The number of fused-ring (bicyclic) bond motifs is 1. The van der Waals surface area contributed by atoms with Crippen molar-refractivity contribution in [2.24, 2.45) is 0 Å². The Morgan fingerprint density at radius 1 is 1.12 bits per heavy atom. The lowest BCUT2D eigenvalue weighted by atomic mass is 10.0. The van der Waals surface area contributed by atoms with E-state index in [0.717, 1.165) is 0 Å². The largest absolute Gasteiger partial charge is 0.463 e. The maximum atomic E-state index is 13.7. The summed E-state index contributed by atoms with van der Waals surface area (Å²) in [5, 5.41) is -0.0646. The number of ether oxygens (including phenoxy) is 4. The molecule has 32 heavy (non-hydrogen) atoms. The monoisotopic (exact) mass is 484 g/mol. The second kappa shape index (κ2) is 9.27. The quantitative estimate of drug-likeness (QED) is 0.446. The first kappa shape index (κ1) is 25.5. The SMILES string of the molecule is CC(=O)OC[C@H]1O[C@@H](S(=O)c2ccccc2)[C@H](O[Si](C)(C)C(C)(C)C)[C@H]2OC(C)(C)O[C@H]21. The van der Waals surface area contributed by atoms with Gasteiger partial charge in [-0.3, -0.25) is 9.00 Å². The van der Waals surface area contributed by atoms with Gasteiger partial charge in [-0.25, -0.2) is 0 Å². The summed E-state index contributed by atoms with van der Waals surface area (Å²) in [7, 11) is -3.81. The summed E-state index contributed by atoms with van der Waals surface area (Å²) in [6.45, 7) is 15.8. The molecule has 1 aromatic carbocycles. The van der Waals surface area contributed by atoms with Gasteiger partial charge in [-0.15, -0.1) is 0 Å². The highest BCUT2D eigenvalue weighted by molar-refractivity contribution is 7.85. The van der Waals surface area contributed by atoms with Crippen molar-refractivity contribution < 1.29 is 32.4 Å². The molecule has 0 amide bonds. The van der Waals surface area contributed by atoms with Gasteiger partial charge in [0.15, 0.2) is 19.5 Å². The highest BCUT2D eigenvalue weighted by atomic mass is 32.2. The zero-order valence-electron chi connectivity index (χ0n) is 20.2. The Bertz CT molecular complexity index is 836. The predicted molar refractivity (Wildman–Crippen MR) is 124 cm³/mol. The third-order valence-electron chi connectivity index (χ3n) is 6.31. The van der Waals surface area contributed by atoms with Crippen molar-refractivity contribution >= 4 is 25.1 Å². The van der Waals surface area contributed by atoms with Crippen molar-refractivity contribution in [3.8, 4) is 0 Å². The summed E-state index contributed by atoms with van der Waals surface area (Å²) in [6.07, 6.45) is -2.24. The number of rotatable bonds is 6. The Morgan fingerprint density at radius 3 is 2.28 bits per heavy atom. The van der Waals surface area contributed by atoms with E-state index in [1.54, 1.807) is 0 Å². The molecule has 0 aromatic heterocycles. The average molecular weight is 485 g/mol. The highest BCUT2D eigenvalue weighted by Crippen LogP contribution is 2.44. The maximum absolute atomic E-state index is 13.7. The van der Waals surface area contributed by atoms with Crippen molar-refractivity contribution in [1.29, 1.82) is 0 Å². The van der Waals surface area contributed by atoms with Crippen LogP contribution in [0.4, 0.5) is 0 Å². The van der Waals surface area contributed by atoms with Crippen LogP contribution < -0.4 is 0 Å². The van der Waals surface area contributed by atoms with Gasteiger partial charge in [-0.1, -0.05) is 39.0 Å². The molecule has 2 aliphatic rings. The van der Waals surface area contributed by atoms with E-state index < -0.39 is 60.7 Å². The molecule has 2 fully saturated rings. The first-order valence-electron chi connectivity index (χ1n) is 11.0. The molecule has 0 aliphatic carbocycles. The van der Waals surface area contributed by atoms with Crippen LogP contribution in [0.3, 0.4) is 0 Å². The minimum absolute atomic E-state index is 0.00869. The Morgan fingerprint density at radius 2 is 1.72 bits per heavy atom. The fourth-order valence-corrected chi connectivity index (χ4v) is 6.46. The molecule has 0 spiro atoms. The summed E-state index contributed by atoms with van der Waals surface area (Å²) >= 11 is 0. The number of carbonyl (C=O) groups excluding carboxylic acids is 1. The summed E-state index contributed by atoms with van der Waals surface area (Å²) < 4.78 is 44.5. The minimum atomic E-state index is -2.28. The topological polar surface area (TPSA) is 80.3 Å². The van der Waals surface area contributed by atoms with Gasteiger partial charge in [-0.2, -0.15) is 0 Å². The summed E-state index contributed by atoms with van der Waals surface area (Å²) in [5.74, 6) is -1.28. The number of benzene rings is 1. The van der Waals surface area contributed by atoms with Gasteiger partial charge in [0.05, 0.1) is 10.8 Å². The summed E-state index contributed by atoms with van der Waals surface area (Å²) in [6, 6.07) is 9.19. The molecule has 6 atom stereocenters. The second-order valence-electron chi connectivity index (χ2n) is 10.4. The van der Waals surface area contributed by atoms with E-state index in [1.165, 1.54) is 6.92 Å². The Hall–Kier alpha value is -1.10. The van der Waals surface area contributed by atoms with E-state index in [4.69, 9.17) is 23.4 Å². The summed E-state index contributed by atoms with van der Waals surface area (Å²) in [5.41, 5.74) is -0.800. The van der Waals surface area contributed by atoms with E-state index in [1.807, 2.05) is 44.2 Å². The maximum Gasteiger partial charge on any atom is 0.302 e. The number of esters is 1. The van der Waals surface area contributed by atoms with E-state index in [2.05, 4.69) is 33.9 Å². The first-order valence-corrected chi connectivity index (χ1v) is 15.1. The zero-order valence-corrected chi connectivity index (χ0v) is 22.1. The van der Waals surface area contributed by atoms with Crippen molar-refractivity contribution in [2.45, 2.75) is 100 Å². The van der Waals surface area contributed by atoms with E-state index in [-0.39, 0.29) is 11.6 Å². The van der Waals surface area contributed by atoms with Crippen LogP contribution in [0.25, 0.3) is 0 Å². The Kier molecular flexibility index (Phi) is 7.39. The van der Waals surface area contributed by atoms with Crippen molar-refractivity contribution in [1.82, 2.24) is 0 Å². The van der Waals surface area contributed by atoms with Crippen LogP contribution in [0.15, 0.2) is 35.2 Å². The molecule has 0 saturated carbocycles. The van der Waals surface area contributed by atoms with E-state index in [9.17, 15) is 9.00 Å². The van der Waals surface area contributed by atoms with Crippen LogP contribution in [0.2, 0.25) is 18.1 Å². The molecule has 9 heteroatoms. The van der Waals surface area contributed by atoms with Crippen molar-refractivity contribution in [2.75, 3.05) is 6.61 Å². The van der Waals surface area contributed by atoms with Gasteiger partial charge in [-0.05, 0) is 44.1 Å². The molecule has 0 N–H and O–H groups in total. The molecular weight excluding hydrogens is 448 g/mol. The second-order valence-corrected chi connectivity index (χ2v) is 16.7. The number of carbonyl (C=O) groups is 1. The van der Waals surface area contributed by atoms with E-state index in [0.29, 0.717) is 4.90 Å². The molecule has 3 rings (SSSR count). The van der Waals surface area contributed by atoms with Crippen LogP contribution >= 0.6 is 0 Å². The fraction of sp³-hybridized carbons (Fsp3) is 0.696. The van der Waals surface area contributed by atoms with Crippen molar-refractivity contribution in [3.63, 3.8) is 0 Å². The van der Waals surface area contributed by atoms with Crippen LogP contribution in [0.5, 0.6) is 0 Å². The lowest BCUT2D eigenvalue weighted by Crippen LogP contribution is -2.62. The Balaban J connectivity index is 2.01. The third-order valence-corrected chi connectivity index (χ3v) is 12.3. The van der Waals surface area contributed by atoms with Crippen LogP contribution in [-0.4, -0.2) is 60.7 Å². The predicted octanol–water partition coefficient (Wildman–Crippen LogP) is 3.99. The fourth-order valence-electron chi connectivity index (χ4n) is 3.68. The van der Waals surface area contributed by atoms with Gasteiger partial charge in [0, 0.05) is 11.8 Å². The smallest absolute Gasteiger partial charge is 0.302 e. The van der Waals surface area contributed by atoms with Crippen LogP contribution in [0, 0.1) is 0 Å². The molecule has 1 unspecified atom stereocenters. The third kappa shape index (κ3) is 5.51. The van der Waals surface area contributed by atoms with Gasteiger partial charge in [0.25, 0.3) is 0 Å². The van der Waals surface area contributed by atoms with Crippen LogP contribution in [0.1, 0.15) is 41.5 Å². The molecule has 7 nitrogen and oxygen atoms in total. The molecule has 2 aliphatic heterocycles. The van der Waals surface area contributed by atoms with Gasteiger partial charge in [0.2, 0.25) is 0 Å². The number of hydrogen-bond donors (Lipinski definition) is 0.